The van der Waals surface area contributed by atoms with Crippen LogP contribution in [0.3, 0.4) is 0 Å². The summed E-state index contributed by atoms with van der Waals surface area (Å²) in [6.45, 7) is -0.240. The van der Waals surface area contributed by atoms with Gasteiger partial charge in [-0.15, -0.1) is 0 Å². The van der Waals surface area contributed by atoms with Gasteiger partial charge < -0.3 is 9.47 Å². The summed E-state index contributed by atoms with van der Waals surface area (Å²) >= 11 is 0. The number of anilines is 1. The molecule has 0 saturated heterocycles. The number of hydrogen-bond donors (Lipinski definition) is 1. The zero-order chi connectivity index (χ0) is 26.1. The highest BCUT2D eigenvalue weighted by molar-refractivity contribution is 7.92. The minimum atomic E-state index is -3.76. The maximum Gasteiger partial charge on any atom is 0.269 e. The summed E-state index contributed by atoms with van der Waals surface area (Å²) in [7, 11) is -2.35. The van der Waals surface area contributed by atoms with Crippen molar-refractivity contribution in [3.05, 3.63) is 94.0 Å². The molecular formula is C24H24N4O7S. The van der Waals surface area contributed by atoms with Crippen LogP contribution in [-0.2, 0) is 21.4 Å². The smallest absolute Gasteiger partial charge is 0.269 e. The Hall–Kier alpha value is -4.45. The number of carbonyl (C=O) groups excluding carboxylic acids is 1. The van der Waals surface area contributed by atoms with Gasteiger partial charge in [0.1, 0.15) is 24.7 Å². The van der Waals surface area contributed by atoms with Gasteiger partial charge in [-0.25, -0.2) is 13.8 Å². The van der Waals surface area contributed by atoms with Crippen LogP contribution >= 0.6 is 0 Å². The second kappa shape index (κ2) is 11.8. The minimum Gasteiger partial charge on any atom is -0.495 e. The van der Waals surface area contributed by atoms with E-state index in [-0.39, 0.29) is 18.0 Å². The van der Waals surface area contributed by atoms with Gasteiger partial charge in [-0.3, -0.25) is 19.2 Å². The van der Waals surface area contributed by atoms with Crippen molar-refractivity contribution in [3.8, 4) is 11.5 Å². The predicted molar refractivity (Wildman–Crippen MR) is 135 cm³/mol. The second-order valence-corrected chi connectivity index (χ2v) is 9.42. The molecule has 0 spiro atoms. The molecule has 0 aliphatic heterocycles. The lowest BCUT2D eigenvalue weighted by molar-refractivity contribution is -0.384. The average molecular weight is 513 g/mol. The molecule has 0 fully saturated rings. The highest BCUT2D eigenvalue weighted by Gasteiger charge is 2.23. The number of nitro groups is 1. The van der Waals surface area contributed by atoms with Crippen LogP contribution in [0, 0.1) is 10.1 Å². The Labute approximate surface area is 208 Å². The Morgan fingerprint density at radius 2 is 1.75 bits per heavy atom. The van der Waals surface area contributed by atoms with Crippen molar-refractivity contribution in [1.82, 2.24) is 5.43 Å². The molecule has 36 heavy (non-hydrogen) atoms. The molecular weight excluding hydrogens is 488 g/mol. The van der Waals surface area contributed by atoms with Gasteiger partial charge in [0, 0.05) is 12.1 Å². The lowest BCUT2D eigenvalue weighted by atomic mass is 10.2. The molecule has 0 atom stereocenters. The number of methoxy groups -OCH3 is 1. The lowest BCUT2D eigenvalue weighted by Gasteiger charge is -2.23. The van der Waals surface area contributed by atoms with Crippen molar-refractivity contribution in [2.24, 2.45) is 5.10 Å². The average Bonchev–Trinajstić information content (AvgIpc) is 2.86. The van der Waals surface area contributed by atoms with Crippen molar-refractivity contribution in [2.45, 2.75) is 6.61 Å². The number of para-hydroxylation sites is 2. The van der Waals surface area contributed by atoms with Crippen LogP contribution in [-0.4, -0.2) is 45.4 Å². The number of sulfonamides is 1. The normalized spacial score (nSPS) is 11.2. The topological polar surface area (TPSA) is 140 Å². The number of hydrazone groups is 1. The quantitative estimate of drug-likeness (QED) is 0.236. The maximum atomic E-state index is 12.4. The summed E-state index contributed by atoms with van der Waals surface area (Å²) in [6, 6.07) is 19.4. The molecule has 0 heterocycles. The summed E-state index contributed by atoms with van der Waals surface area (Å²) in [6.07, 6.45) is 2.41. The fourth-order valence-corrected chi connectivity index (χ4v) is 3.95. The molecule has 0 saturated carbocycles. The summed E-state index contributed by atoms with van der Waals surface area (Å²) in [5.41, 5.74) is 4.02. The number of nitrogens with zero attached hydrogens (tertiary/aromatic N) is 3. The number of carbonyl (C=O) groups is 1. The molecule has 0 radical (unpaired) electrons. The number of amides is 1. The number of hydrogen-bond acceptors (Lipinski definition) is 8. The van der Waals surface area contributed by atoms with E-state index in [4.69, 9.17) is 9.47 Å². The van der Waals surface area contributed by atoms with Crippen LogP contribution in [0.4, 0.5) is 11.4 Å². The largest absolute Gasteiger partial charge is 0.495 e. The molecule has 0 aliphatic carbocycles. The van der Waals surface area contributed by atoms with Gasteiger partial charge in [0.2, 0.25) is 10.0 Å². The monoisotopic (exact) mass is 512 g/mol. The first-order valence-electron chi connectivity index (χ1n) is 10.6. The van der Waals surface area contributed by atoms with E-state index >= 15 is 0 Å². The fraction of sp³-hybridized carbons (Fsp3) is 0.167. The maximum absolute atomic E-state index is 12.4. The van der Waals surface area contributed by atoms with E-state index in [1.807, 2.05) is 0 Å². The van der Waals surface area contributed by atoms with E-state index in [9.17, 15) is 23.3 Å². The minimum absolute atomic E-state index is 0.0123. The molecule has 3 aromatic carbocycles. The highest BCUT2D eigenvalue weighted by atomic mass is 32.2. The van der Waals surface area contributed by atoms with Gasteiger partial charge in [-0.05, 0) is 59.7 Å². The van der Waals surface area contributed by atoms with Crippen molar-refractivity contribution < 1.29 is 27.6 Å². The van der Waals surface area contributed by atoms with Crippen molar-refractivity contribution in [3.63, 3.8) is 0 Å². The molecule has 0 aromatic heterocycles. The number of non-ortho nitro benzene ring substituents is 1. The van der Waals surface area contributed by atoms with Crippen molar-refractivity contribution in [1.29, 1.82) is 0 Å². The standard InChI is InChI=1S/C24H24N4O7S/c1-34-23-6-4-3-5-22(23)27(36(2,32)33)16-24(29)26-25-15-18-9-13-21(14-10-18)35-17-19-7-11-20(12-8-19)28(30)31/h3-15H,16-17H2,1-2H3,(H,26,29)/b25-15+. The zero-order valence-corrected chi connectivity index (χ0v) is 20.3. The number of rotatable bonds is 11. The van der Waals surface area contributed by atoms with Gasteiger partial charge in [-0.2, -0.15) is 5.10 Å². The van der Waals surface area contributed by atoms with E-state index in [1.54, 1.807) is 60.7 Å². The zero-order valence-electron chi connectivity index (χ0n) is 19.5. The van der Waals surface area contributed by atoms with Gasteiger partial charge in [-0.1, -0.05) is 12.1 Å². The molecule has 0 bridgehead atoms. The molecule has 0 unspecified atom stereocenters. The third-order valence-electron chi connectivity index (χ3n) is 4.88. The Morgan fingerprint density at radius 1 is 1.08 bits per heavy atom. The van der Waals surface area contributed by atoms with Crippen LogP contribution < -0.4 is 19.2 Å². The first kappa shape index (κ1) is 26.2. The number of nitrogens with one attached hydrogen (secondary N) is 1. The number of ether oxygens (including phenoxy) is 2. The third-order valence-corrected chi connectivity index (χ3v) is 6.00. The summed E-state index contributed by atoms with van der Waals surface area (Å²) in [4.78, 5) is 22.6. The van der Waals surface area contributed by atoms with Gasteiger partial charge in [0.15, 0.2) is 0 Å². The predicted octanol–water partition coefficient (Wildman–Crippen LogP) is 3.10. The molecule has 188 valence electrons. The third kappa shape index (κ3) is 7.27. The van der Waals surface area contributed by atoms with E-state index in [0.29, 0.717) is 17.1 Å². The molecule has 0 aliphatic rings. The number of nitro benzene ring substituents is 1. The Balaban J connectivity index is 1.55. The lowest BCUT2D eigenvalue weighted by Crippen LogP contribution is -2.39. The van der Waals surface area contributed by atoms with Crippen LogP contribution in [0.1, 0.15) is 11.1 Å². The molecule has 1 N–H and O–H groups in total. The van der Waals surface area contributed by atoms with E-state index in [2.05, 4.69) is 10.5 Å². The number of benzene rings is 3. The highest BCUT2D eigenvalue weighted by Crippen LogP contribution is 2.29. The van der Waals surface area contributed by atoms with E-state index in [1.165, 1.54) is 25.5 Å². The van der Waals surface area contributed by atoms with Crippen molar-refractivity contribution >= 4 is 33.5 Å². The first-order valence-corrected chi connectivity index (χ1v) is 12.4. The van der Waals surface area contributed by atoms with E-state index in [0.717, 1.165) is 16.1 Å². The summed E-state index contributed by atoms with van der Waals surface area (Å²) in [5.74, 6) is 0.260. The van der Waals surface area contributed by atoms with Gasteiger partial charge >= 0.3 is 0 Å². The molecule has 1 amide bonds. The molecule has 3 aromatic rings. The summed E-state index contributed by atoms with van der Waals surface area (Å²) in [5, 5.41) is 14.6. The molecule has 12 heteroatoms. The Morgan fingerprint density at radius 3 is 2.36 bits per heavy atom. The second-order valence-electron chi connectivity index (χ2n) is 7.52. The van der Waals surface area contributed by atoms with Gasteiger partial charge in [0.05, 0.1) is 30.2 Å². The Bertz CT molecular complexity index is 1340. The molecule has 11 nitrogen and oxygen atoms in total. The van der Waals surface area contributed by atoms with Crippen LogP contribution in [0.5, 0.6) is 11.5 Å². The van der Waals surface area contributed by atoms with Gasteiger partial charge in [0.25, 0.3) is 11.6 Å². The van der Waals surface area contributed by atoms with Crippen molar-refractivity contribution in [2.75, 3.05) is 24.2 Å². The summed E-state index contributed by atoms with van der Waals surface area (Å²) < 4.78 is 36.3. The van der Waals surface area contributed by atoms with Crippen LogP contribution in [0.2, 0.25) is 0 Å². The van der Waals surface area contributed by atoms with Crippen LogP contribution in [0.15, 0.2) is 77.9 Å². The Kier molecular flexibility index (Phi) is 8.57. The van der Waals surface area contributed by atoms with E-state index < -0.39 is 27.4 Å². The fourth-order valence-electron chi connectivity index (χ4n) is 3.09. The molecule has 3 rings (SSSR count). The SMILES string of the molecule is COc1ccccc1N(CC(=O)N/N=C/c1ccc(OCc2ccc([N+](=O)[O-])cc2)cc1)S(C)(=O)=O. The first-order chi connectivity index (χ1) is 17.2. The van der Waals surface area contributed by atoms with Crippen LogP contribution in [0.25, 0.3) is 0 Å².